The highest BCUT2D eigenvalue weighted by atomic mass is 16.2. The minimum absolute atomic E-state index is 0.201. The number of fused-ring (bicyclic) bond motifs is 4. The van der Waals surface area contributed by atoms with Gasteiger partial charge in [0.25, 0.3) is 0 Å². The zero-order valence-electron chi connectivity index (χ0n) is 14.2. The lowest BCUT2D eigenvalue weighted by Gasteiger charge is -2.19. The third kappa shape index (κ3) is 2.06. The summed E-state index contributed by atoms with van der Waals surface area (Å²) in [6, 6.07) is 7.74. The molecule has 1 aliphatic carbocycles. The van der Waals surface area contributed by atoms with E-state index in [2.05, 4.69) is 4.98 Å². The first kappa shape index (κ1) is 15.3. The Bertz CT molecular complexity index is 950. The number of allylic oxidation sites excluding steroid dienone is 2. The molecule has 7 heteroatoms. The monoisotopic (exact) mass is 350 g/mol. The molecule has 0 bridgehead atoms. The number of amides is 3. The molecule has 7 nitrogen and oxygen atoms in total. The lowest BCUT2D eigenvalue weighted by molar-refractivity contribution is -0.143. The average Bonchev–Trinajstić information content (AvgIpc) is 3.29. The predicted octanol–water partition coefficient (Wildman–Crippen LogP) is 1.33. The van der Waals surface area contributed by atoms with Crippen LogP contribution in [0.4, 0.5) is 5.95 Å². The summed E-state index contributed by atoms with van der Waals surface area (Å²) >= 11 is 0. The Morgan fingerprint density at radius 2 is 1.73 bits per heavy atom. The van der Waals surface area contributed by atoms with Gasteiger partial charge < -0.3 is 4.57 Å². The van der Waals surface area contributed by atoms with Crippen LogP contribution in [0.25, 0.3) is 11.0 Å². The average molecular weight is 350 g/mol. The number of imidazole rings is 1. The fourth-order valence-corrected chi connectivity index (χ4v) is 4.27. The molecule has 0 radical (unpaired) electrons. The quantitative estimate of drug-likeness (QED) is 0.605. The molecule has 1 aromatic carbocycles. The zero-order chi connectivity index (χ0) is 17.8. The van der Waals surface area contributed by atoms with Gasteiger partial charge in [0.2, 0.25) is 23.7 Å². The van der Waals surface area contributed by atoms with Gasteiger partial charge in [-0.2, -0.15) is 0 Å². The van der Waals surface area contributed by atoms with Gasteiger partial charge in [-0.15, -0.1) is 0 Å². The van der Waals surface area contributed by atoms with Crippen LogP contribution in [0.2, 0.25) is 0 Å². The van der Waals surface area contributed by atoms with Crippen molar-refractivity contribution in [2.45, 2.75) is 19.4 Å². The number of nitrogens with zero attached hydrogens (tertiary/aromatic N) is 4. The molecule has 3 aliphatic rings. The number of anilines is 1. The lowest BCUT2D eigenvalue weighted by Crippen LogP contribution is -2.43. The van der Waals surface area contributed by atoms with Crippen LogP contribution in [-0.2, 0) is 20.9 Å². The Kier molecular flexibility index (Phi) is 3.25. The second-order valence-electron chi connectivity index (χ2n) is 7.02. The molecule has 3 heterocycles. The second-order valence-corrected chi connectivity index (χ2v) is 7.02. The van der Waals surface area contributed by atoms with Crippen molar-refractivity contribution in [2.75, 3.05) is 18.0 Å². The number of hydrogen-bond donors (Lipinski definition) is 0. The summed E-state index contributed by atoms with van der Waals surface area (Å²) in [5.74, 6) is -0.704. The molecule has 0 unspecified atom stereocenters. The van der Waals surface area contributed by atoms with E-state index in [-0.39, 0.29) is 36.1 Å². The minimum atomic E-state index is -0.302. The van der Waals surface area contributed by atoms with Crippen LogP contribution in [0.15, 0.2) is 36.4 Å². The summed E-state index contributed by atoms with van der Waals surface area (Å²) in [6.07, 6.45) is 5.06. The second kappa shape index (κ2) is 5.52. The number of carbonyl (C=O) groups excluding carboxylic acids is 3. The van der Waals surface area contributed by atoms with E-state index in [4.69, 9.17) is 0 Å². The van der Waals surface area contributed by atoms with Crippen molar-refractivity contribution in [3.8, 4) is 0 Å². The Hall–Kier alpha value is -2.96. The molecule has 5 rings (SSSR count). The first-order chi connectivity index (χ1) is 12.6. The standard InChI is InChI=1S/C19H18N4O3/c24-16(11-23-17(25)12-5-1-2-6-13(12)18(23)26)22-10-9-21-15-8-4-3-7-14(15)20-19(21)22/h1-4,7-8,12-13H,5-6,9-11H2/t12-,13-/m0/s1. The van der Waals surface area contributed by atoms with Crippen molar-refractivity contribution in [2.24, 2.45) is 11.8 Å². The van der Waals surface area contributed by atoms with E-state index in [9.17, 15) is 14.4 Å². The number of aromatic nitrogens is 2. The fraction of sp³-hybridized carbons (Fsp3) is 0.368. The SMILES string of the molecule is O=C1[C@H]2CC=CC[C@@H]2C(=O)N1CC(=O)N1CCn2c1nc1ccccc12. The van der Waals surface area contributed by atoms with Gasteiger partial charge in [0.15, 0.2) is 0 Å². The van der Waals surface area contributed by atoms with Gasteiger partial charge in [0.1, 0.15) is 6.54 Å². The number of rotatable bonds is 2. The van der Waals surface area contributed by atoms with Crippen LogP contribution in [0.1, 0.15) is 12.8 Å². The third-order valence-corrected chi connectivity index (χ3v) is 5.62. The summed E-state index contributed by atoms with van der Waals surface area (Å²) in [5, 5.41) is 0. The number of para-hydroxylation sites is 2. The molecule has 0 spiro atoms. The summed E-state index contributed by atoms with van der Waals surface area (Å²) in [7, 11) is 0. The largest absolute Gasteiger partial charge is 0.308 e. The molecule has 2 atom stereocenters. The van der Waals surface area contributed by atoms with Crippen molar-refractivity contribution in [3.63, 3.8) is 0 Å². The Balaban J connectivity index is 1.39. The van der Waals surface area contributed by atoms with E-state index in [0.29, 0.717) is 31.9 Å². The van der Waals surface area contributed by atoms with Crippen molar-refractivity contribution >= 4 is 34.7 Å². The summed E-state index contributed by atoms with van der Waals surface area (Å²) in [5.41, 5.74) is 1.83. The van der Waals surface area contributed by atoms with Crippen LogP contribution in [0.3, 0.4) is 0 Å². The summed E-state index contributed by atoms with van der Waals surface area (Å²) in [4.78, 5) is 45.3. The molecule has 0 N–H and O–H groups in total. The maximum atomic E-state index is 12.8. The third-order valence-electron chi connectivity index (χ3n) is 5.62. The number of likely N-dealkylation sites (tertiary alicyclic amines) is 1. The van der Waals surface area contributed by atoms with Crippen LogP contribution in [-0.4, -0.2) is 45.3 Å². The normalized spacial score (nSPS) is 24.5. The molecule has 132 valence electrons. The van der Waals surface area contributed by atoms with Crippen LogP contribution >= 0.6 is 0 Å². The fourth-order valence-electron chi connectivity index (χ4n) is 4.27. The molecular weight excluding hydrogens is 332 g/mol. The van der Waals surface area contributed by atoms with E-state index in [0.717, 1.165) is 15.9 Å². The van der Waals surface area contributed by atoms with Gasteiger partial charge in [0, 0.05) is 13.1 Å². The molecule has 1 saturated heterocycles. The minimum Gasteiger partial charge on any atom is -0.308 e. The Morgan fingerprint density at radius 3 is 2.46 bits per heavy atom. The zero-order valence-corrected chi connectivity index (χ0v) is 14.2. The van der Waals surface area contributed by atoms with E-state index in [1.165, 1.54) is 0 Å². The highest BCUT2D eigenvalue weighted by Crippen LogP contribution is 2.35. The molecule has 1 fully saturated rings. The molecule has 3 amide bonds. The van der Waals surface area contributed by atoms with E-state index in [1.807, 2.05) is 41.0 Å². The first-order valence-corrected chi connectivity index (χ1v) is 8.91. The van der Waals surface area contributed by atoms with E-state index >= 15 is 0 Å². The maximum absolute atomic E-state index is 12.8. The molecular formula is C19H18N4O3. The van der Waals surface area contributed by atoms with E-state index in [1.54, 1.807) is 4.90 Å². The first-order valence-electron chi connectivity index (χ1n) is 8.91. The van der Waals surface area contributed by atoms with Gasteiger partial charge in [-0.05, 0) is 25.0 Å². The van der Waals surface area contributed by atoms with Crippen molar-refractivity contribution in [1.82, 2.24) is 14.5 Å². The van der Waals surface area contributed by atoms with Gasteiger partial charge in [0.05, 0.1) is 22.9 Å². The van der Waals surface area contributed by atoms with Crippen molar-refractivity contribution in [1.29, 1.82) is 0 Å². The van der Waals surface area contributed by atoms with E-state index < -0.39 is 0 Å². The van der Waals surface area contributed by atoms with Gasteiger partial charge in [-0.1, -0.05) is 24.3 Å². The van der Waals surface area contributed by atoms with Crippen molar-refractivity contribution < 1.29 is 14.4 Å². The van der Waals surface area contributed by atoms with Gasteiger partial charge >= 0.3 is 0 Å². The molecule has 26 heavy (non-hydrogen) atoms. The van der Waals surface area contributed by atoms with Crippen LogP contribution in [0, 0.1) is 11.8 Å². The highest BCUT2D eigenvalue weighted by molar-refractivity contribution is 6.09. The molecule has 2 aromatic rings. The predicted molar refractivity (Wildman–Crippen MR) is 94.2 cm³/mol. The van der Waals surface area contributed by atoms with Crippen molar-refractivity contribution in [3.05, 3.63) is 36.4 Å². The maximum Gasteiger partial charge on any atom is 0.249 e. The summed E-state index contributed by atoms with van der Waals surface area (Å²) in [6.45, 7) is 0.975. The number of carbonyl (C=O) groups is 3. The van der Waals surface area contributed by atoms with Gasteiger partial charge in [-0.25, -0.2) is 4.98 Å². The Labute approximate surface area is 149 Å². The van der Waals surface area contributed by atoms with Gasteiger partial charge in [-0.3, -0.25) is 24.2 Å². The molecule has 0 saturated carbocycles. The molecule has 1 aromatic heterocycles. The topological polar surface area (TPSA) is 75.5 Å². The number of imide groups is 1. The van der Waals surface area contributed by atoms with Crippen LogP contribution < -0.4 is 4.90 Å². The summed E-state index contributed by atoms with van der Waals surface area (Å²) < 4.78 is 2.00. The smallest absolute Gasteiger partial charge is 0.249 e. The van der Waals surface area contributed by atoms with Crippen LogP contribution in [0.5, 0.6) is 0 Å². The number of benzene rings is 1. The Morgan fingerprint density at radius 1 is 1.04 bits per heavy atom. The highest BCUT2D eigenvalue weighted by Gasteiger charge is 2.48. The molecule has 2 aliphatic heterocycles. The lowest BCUT2D eigenvalue weighted by atomic mass is 9.85. The number of hydrogen-bond acceptors (Lipinski definition) is 4.